The zero-order valence-electron chi connectivity index (χ0n) is 12.4. The Morgan fingerprint density at radius 1 is 0.739 bits per heavy atom. The highest BCUT2D eigenvalue weighted by molar-refractivity contribution is 6.14. The number of hydrogen-bond donors (Lipinski definition) is 2. The molecule has 0 unspecified atom stereocenters. The minimum Gasteiger partial charge on any atom is -0.508 e. The molecule has 0 aliphatic carbocycles. The van der Waals surface area contributed by atoms with Gasteiger partial charge in [-0.3, -0.25) is 4.79 Å². The lowest BCUT2D eigenvalue weighted by atomic mass is 9.98. The van der Waals surface area contributed by atoms with Crippen molar-refractivity contribution < 1.29 is 19.7 Å². The molecule has 0 radical (unpaired) electrons. The first-order valence-electron chi connectivity index (χ1n) is 7.23. The molecule has 0 bridgehead atoms. The fourth-order valence-electron chi connectivity index (χ4n) is 2.37. The fourth-order valence-corrected chi connectivity index (χ4v) is 2.37. The summed E-state index contributed by atoms with van der Waals surface area (Å²) in [4.78, 5) is 12.6. The van der Waals surface area contributed by atoms with E-state index in [1.165, 1.54) is 0 Å². The second-order valence-corrected chi connectivity index (χ2v) is 5.34. The summed E-state index contributed by atoms with van der Waals surface area (Å²) in [5, 5.41) is 18.6. The van der Waals surface area contributed by atoms with Crippen LogP contribution < -0.4 is 0 Å². The number of ketones is 1. The average molecular weight is 308 g/mol. The normalized spacial score (nSPS) is 18.5. The van der Waals surface area contributed by atoms with Crippen molar-refractivity contribution in [3.63, 3.8) is 0 Å². The molecule has 3 rings (SSSR count). The molecule has 1 saturated heterocycles. The first-order valence-corrected chi connectivity index (χ1v) is 7.23. The lowest BCUT2D eigenvalue weighted by Gasteiger charge is -2.17. The van der Waals surface area contributed by atoms with Gasteiger partial charge < -0.3 is 14.9 Å². The second kappa shape index (κ2) is 6.50. The van der Waals surface area contributed by atoms with Crippen LogP contribution in [0.1, 0.15) is 11.1 Å². The van der Waals surface area contributed by atoms with Gasteiger partial charge in [0.1, 0.15) is 11.5 Å². The molecule has 2 aromatic carbocycles. The van der Waals surface area contributed by atoms with Crippen LogP contribution in [-0.2, 0) is 9.53 Å². The summed E-state index contributed by atoms with van der Waals surface area (Å²) in [6.07, 6.45) is 3.54. The van der Waals surface area contributed by atoms with Crippen LogP contribution in [0.4, 0.5) is 0 Å². The Kier molecular flexibility index (Phi) is 4.26. The van der Waals surface area contributed by atoms with E-state index in [0.717, 1.165) is 11.1 Å². The highest BCUT2D eigenvalue weighted by atomic mass is 16.5. The summed E-state index contributed by atoms with van der Waals surface area (Å²) in [6, 6.07) is 13.3. The number of ether oxygens (including phenoxy) is 1. The molecular weight excluding hydrogens is 292 g/mol. The molecule has 1 aliphatic rings. The number of phenolic OH excluding ortho intramolecular Hbond substituents is 2. The molecule has 116 valence electrons. The van der Waals surface area contributed by atoms with E-state index in [2.05, 4.69) is 0 Å². The molecule has 23 heavy (non-hydrogen) atoms. The maximum Gasteiger partial charge on any atom is 0.189 e. The van der Waals surface area contributed by atoms with Crippen LogP contribution in [0.5, 0.6) is 11.5 Å². The van der Waals surface area contributed by atoms with Gasteiger partial charge in [-0.1, -0.05) is 24.3 Å². The van der Waals surface area contributed by atoms with Crippen molar-refractivity contribution in [3.8, 4) is 11.5 Å². The van der Waals surface area contributed by atoms with Gasteiger partial charge in [-0.15, -0.1) is 0 Å². The van der Waals surface area contributed by atoms with E-state index >= 15 is 0 Å². The molecule has 4 heteroatoms. The van der Waals surface area contributed by atoms with Gasteiger partial charge in [0.15, 0.2) is 5.78 Å². The van der Waals surface area contributed by atoms with E-state index in [-0.39, 0.29) is 30.5 Å². The van der Waals surface area contributed by atoms with E-state index < -0.39 is 0 Å². The molecular formula is C19H16O4. The number of phenols is 2. The fraction of sp³-hybridized carbons (Fsp3) is 0.105. The molecule has 0 atom stereocenters. The Bertz CT molecular complexity index is 703. The summed E-state index contributed by atoms with van der Waals surface area (Å²) in [5.41, 5.74) is 2.82. The van der Waals surface area contributed by atoms with E-state index in [1.807, 2.05) is 0 Å². The summed E-state index contributed by atoms with van der Waals surface area (Å²) >= 11 is 0. The number of carbonyl (C=O) groups excluding carboxylic acids is 1. The Balaban J connectivity index is 1.86. The van der Waals surface area contributed by atoms with Crippen molar-refractivity contribution in [2.24, 2.45) is 0 Å². The molecule has 0 aromatic heterocycles. The molecule has 1 fully saturated rings. The van der Waals surface area contributed by atoms with Crippen molar-refractivity contribution in [2.45, 2.75) is 0 Å². The van der Waals surface area contributed by atoms with Crippen LogP contribution in [0.25, 0.3) is 12.2 Å². The Hall–Kier alpha value is -2.85. The summed E-state index contributed by atoms with van der Waals surface area (Å²) < 4.78 is 5.50. The van der Waals surface area contributed by atoms with Crippen molar-refractivity contribution in [1.29, 1.82) is 0 Å². The van der Waals surface area contributed by atoms with Gasteiger partial charge in [0.25, 0.3) is 0 Å². The number of rotatable bonds is 2. The molecule has 1 heterocycles. The maximum atomic E-state index is 12.6. The number of Topliss-reactive ketones (excluding diaryl/α,β-unsaturated/α-hetero) is 1. The summed E-state index contributed by atoms with van der Waals surface area (Å²) in [6.45, 7) is 0.541. The Morgan fingerprint density at radius 3 is 1.52 bits per heavy atom. The van der Waals surface area contributed by atoms with Crippen LogP contribution in [0.15, 0.2) is 59.7 Å². The van der Waals surface area contributed by atoms with Crippen molar-refractivity contribution >= 4 is 17.9 Å². The maximum absolute atomic E-state index is 12.6. The number of hydrogen-bond acceptors (Lipinski definition) is 4. The third-order valence-electron chi connectivity index (χ3n) is 3.57. The standard InChI is InChI=1S/C19H16O4/c20-17-5-1-13(2-6-17)9-15-11-23-12-16(19(15)22)10-14-3-7-18(21)8-4-14/h1-10,20-21H,11-12H2/b15-9-,16-10+. The first kappa shape index (κ1) is 15.1. The second-order valence-electron chi connectivity index (χ2n) is 5.34. The predicted octanol–water partition coefficient (Wildman–Crippen LogP) is 3.16. The molecule has 1 aliphatic heterocycles. The van der Waals surface area contributed by atoms with E-state index in [0.29, 0.717) is 11.1 Å². The highest BCUT2D eigenvalue weighted by Crippen LogP contribution is 2.21. The minimum atomic E-state index is -0.0441. The lowest BCUT2D eigenvalue weighted by molar-refractivity contribution is -0.114. The van der Waals surface area contributed by atoms with E-state index in [4.69, 9.17) is 4.74 Å². The van der Waals surface area contributed by atoms with E-state index in [1.54, 1.807) is 60.7 Å². The molecule has 4 nitrogen and oxygen atoms in total. The van der Waals surface area contributed by atoms with Gasteiger partial charge in [0.2, 0.25) is 0 Å². The summed E-state index contributed by atoms with van der Waals surface area (Å²) in [7, 11) is 0. The number of benzene rings is 2. The van der Waals surface area contributed by atoms with E-state index in [9.17, 15) is 15.0 Å². The van der Waals surface area contributed by atoms with Crippen molar-refractivity contribution in [2.75, 3.05) is 13.2 Å². The molecule has 0 amide bonds. The van der Waals surface area contributed by atoms with Crippen molar-refractivity contribution in [3.05, 3.63) is 70.8 Å². The van der Waals surface area contributed by atoms with Crippen molar-refractivity contribution in [1.82, 2.24) is 0 Å². The molecule has 2 N–H and O–H groups in total. The van der Waals surface area contributed by atoms with Gasteiger partial charge in [-0.2, -0.15) is 0 Å². The monoisotopic (exact) mass is 308 g/mol. The third kappa shape index (κ3) is 3.67. The zero-order chi connectivity index (χ0) is 16.2. The topological polar surface area (TPSA) is 66.8 Å². The van der Waals surface area contributed by atoms with Gasteiger partial charge in [0.05, 0.1) is 13.2 Å². The van der Waals surface area contributed by atoms with Crippen LogP contribution in [0.3, 0.4) is 0 Å². The number of carbonyl (C=O) groups is 1. The SMILES string of the molecule is O=C1/C(=C\c2ccc(O)cc2)COC/C1=C\c1ccc(O)cc1. The van der Waals surface area contributed by atoms with Gasteiger partial charge in [-0.05, 0) is 47.5 Å². The highest BCUT2D eigenvalue weighted by Gasteiger charge is 2.21. The van der Waals surface area contributed by atoms with Crippen LogP contribution in [-0.4, -0.2) is 29.2 Å². The van der Waals surface area contributed by atoms with Crippen LogP contribution >= 0.6 is 0 Å². The largest absolute Gasteiger partial charge is 0.508 e. The first-order chi connectivity index (χ1) is 11.1. The Labute approximate surface area is 134 Å². The van der Waals surface area contributed by atoms with Crippen LogP contribution in [0, 0.1) is 0 Å². The zero-order valence-corrected chi connectivity index (χ0v) is 12.4. The number of aromatic hydroxyl groups is 2. The third-order valence-corrected chi connectivity index (χ3v) is 3.57. The van der Waals surface area contributed by atoms with Gasteiger partial charge >= 0.3 is 0 Å². The lowest BCUT2D eigenvalue weighted by Crippen LogP contribution is -2.21. The minimum absolute atomic E-state index is 0.0441. The molecule has 0 spiro atoms. The predicted molar refractivity (Wildman–Crippen MR) is 88.0 cm³/mol. The quantitative estimate of drug-likeness (QED) is 0.836. The molecule has 0 saturated carbocycles. The Morgan fingerprint density at radius 2 is 1.13 bits per heavy atom. The summed E-state index contributed by atoms with van der Waals surface area (Å²) in [5.74, 6) is 0.329. The van der Waals surface area contributed by atoms with Gasteiger partial charge in [-0.25, -0.2) is 0 Å². The smallest absolute Gasteiger partial charge is 0.189 e. The van der Waals surface area contributed by atoms with Gasteiger partial charge in [0, 0.05) is 11.1 Å². The molecule has 2 aromatic rings. The average Bonchev–Trinajstić information content (AvgIpc) is 2.55. The van der Waals surface area contributed by atoms with Crippen LogP contribution in [0.2, 0.25) is 0 Å².